The minimum atomic E-state index is 0.404. The van der Waals surface area contributed by atoms with Gasteiger partial charge < -0.3 is 4.84 Å². The Labute approximate surface area is 85.0 Å². The van der Waals surface area contributed by atoms with E-state index in [0.29, 0.717) is 12.6 Å². The summed E-state index contributed by atoms with van der Waals surface area (Å²) in [6, 6.07) is 0.404. The third-order valence-corrected chi connectivity index (χ3v) is 2.43. The minimum Gasteiger partial charge on any atom is -0.304 e. The third kappa shape index (κ3) is 2.13. The van der Waals surface area contributed by atoms with Gasteiger partial charge in [-0.25, -0.2) is 5.90 Å². The highest BCUT2D eigenvalue weighted by atomic mass is 16.6. The van der Waals surface area contributed by atoms with E-state index in [1.807, 2.05) is 11.6 Å². The molecule has 2 N–H and O–H groups in total. The number of nitrogens with two attached hydrogens (primary N) is 1. The lowest BCUT2D eigenvalue weighted by Crippen LogP contribution is -2.07. The maximum Gasteiger partial charge on any atom is 0.0720 e. The molecule has 0 aliphatic rings. The fourth-order valence-electron chi connectivity index (χ4n) is 1.72. The third-order valence-electron chi connectivity index (χ3n) is 2.43. The Kier molecular flexibility index (Phi) is 3.66. The van der Waals surface area contributed by atoms with E-state index < -0.39 is 0 Å². The highest BCUT2D eigenvalue weighted by Gasteiger charge is 2.12. The van der Waals surface area contributed by atoms with Crippen LogP contribution in [0.25, 0.3) is 0 Å². The van der Waals surface area contributed by atoms with E-state index in [-0.39, 0.29) is 0 Å². The van der Waals surface area contributed by atoms with E-state index in [4.69, 9.17) is 5.90 Å². The first-order valence-electron chi connectivity index (χ1n) is 4.94. The van der Waals surface area contributed by atoms with E-state index in [2.05, 4.69) is 30.7 Å². The Morgan fingerprint density at radius 1 is 1.43 bits per heavy atom. The van der Waals surface area contributed by atoms with Gasteiger partial charge in [-0.3, -0.25) is 4.68 Å². The lowest BCUT2D eigenvalue weighted by atomic mass is 10.1. The molecule has 1 rings (SSSR count). The summed E-state index contributed by atoms with van der Waals surface area (Å²) in [4.78, 5) is 4.59. The first-order chi connectivity index (χ1) is 6.57. The predicted octanol–water partition coefficient (Wildman–Crippen LogP) is 1.51. The molecule has 0 aliphatic carbocycles. The molecule has 14 heavy (non-hydrogen) atoms. The summed E-state index contributed by atoms with van der Waals surface area (Å²) in [5, 5.41) is 4.48. The van der Waals surface area contributed by atoms with Crippen LogP contribution in [0.15, 0.2) is 0 Å². The van der Waals surface area contributed by atoms with Crippen molar-refractivity contribution in [1.29, 1.82) is 0 Å². The summed E-state index contributed by atoms with van der Waals surface area (Å²) < 4.78 is 2.04. The molecule has 1 heterocycles. The molecule has 0 saturated carbocycles. The van der Waals surface area contributed by atoms with Gasteiger partial charge in [-0.2, -0.15) is 5.10 Å². The maximum atomic E-state index is 5.02. The van der Waals surface area contributed by atoms with Gasteiger partial charge in [0.25, 0.3) is 0 Å². The van der Waals surface area contributed by atoms with Gasteiger partial charge in [-0.15, -0.1) is 0 Å². The van der Waals surface area contributed by atoms with E-state index in [0.717, 1.165) is 12.1 Å². The van der Waals surface area contributed by atoms with Crippen LogP contribution in [-0.2, 0) is 11.3 Å². The molecule has 0 amide bonds. The molecule has 0 fully saturated rings. The van der Waals surface area contributed by atoms with Crippen LogP contribution in [0.3, 0.4) is 0 Å². The normalized spacial score (nSPS) is 11.3. The molecule has 0 spiro atoms. The molecule has 80 valence electrons. The van der Waals surface area contributed by atoms with Crippen molar-refractivity contribution in [2.45, 2.75) is 40.2 Å². The van der Waals surface area contributed by atoms with Gasteiger partial charge in [0.2, 0.25) is 0 Å². The number of aryl methyl sites for hydroxylation is 1. The molecule has 0 radical (unpaired) electrons. The highest BCUT2D eigenvalue weighted by Crippen LogP contribution is 2.17. The molecule has 1 aromatic heterocycles. The number of nitrogens with zero attached hydrogens (tertiary/aromatic N) is 2. The van der Waals surface area contributed by atoms with Gasteiger partial charge >= 0.3 is 0 Å². The average Bonchev–Trinajstić information content (AvgIpc) is 2.40. The van der Waals surface area contributed by atoms with Crippen molar-refractivity contribution in [2.24, 2.45) is 5.90 Å². The molecule has 0 saturated heterocycles. The standard InChI is InChI=1S/C10H19N3O/c1-7(2)13-9(4)10(5-6-14-11)8(3)12-13/h7H,5-6,11H2,1-4H3. The molecule has 0 aromatic carbocycles. The van der Waals surface area contributed by atoms with Gasteiger partial charge in [0.15, 0.2) is 0 Å². The Bertz CT molecular complexity index is 305. The lowest BCUT2D eigenvalue weighted by molar-refractivity contribution is 0.141. The summed E-state index contributed by atoms with van der Waals surface area (Å²) in [6.07, 6.45) is 0.834. The topological polar surface area (TPSA) is 53.1 Å². The largest absolute Gasteiger partial charge is 0.304 e. The zero-order valence-electron chi connectivity index (χ0n) is 9.37. The van der Waals surface area contributed by atoms with Crippen molar-refractivity contribution < 1.29 is 4.84 Å². The SMILES string of the molecule is Cc1nn(C(C)C)c(C)c1CCON. The van der Waals surface area contributed by atoms with Crippen LogP contribution in [0.2, 0.25) is 0 Å². The summed E-state index contributed by atoms with van der Waals surface area (Å²) in [5.41, 5.74) is 3.55. The second-order valence-electron chi connectivity index (χ2n) is 3.81. The zero-order valence-corrected chi connectivity index (χ0v) is 9.37. The minimum absolute atomic E-state index is 0.404. The Morgan fingerprint density at radius 3 is 2.50 bits per heavy atom. The van der Waals surface area contributed by atoms with Gasteiger partial charge in [0.05, 0.1) is 12.3 Å². The summed E-state index contributed by atoms with van der Waals surface area (Å²) >= 11 is 0. The van der Waals surface area contributed by atoms with Gasteiger partial charge in [-0.05, 0) is 33.3 Å². The Hall–Kier alpha value is -0.870. The van der Waals surface area contributed by atoms with Crippen LogP contribution in [0, 0.1) is 13.8 Å². The van der Waals surface area contributed by atoms with Crippen molar-refractivity contribution in [2.75, 3.05) is 6.61 Å². The van der Waals surface area contributed by atoms with E-state index in [9.17, 15) is 0 Å². The fourth-order valence-corrected chi connectivity index (χ4v) is 1.72. The maximum absolute atomic E-state index is 5.02. The van der Waals surface area contributed by atoms with Crippen LogP contribution in [0.1, 0.15) is 36.8 Å². The average molecular weight is 197 g/mol. The molecule has 0 bridgehead atoms. The summed E-state index contributed by atoms with van der Waals surface area (Å²) in [7, 11) is 0. The van der Waals surface area contributed by atoms with Crippen LogP contribution in [0.4, 0.5) is 0 Å². The van der Waals surface area contributed by atoms with Crippen molar-refractivity contribution >= 4 is 0 Å². The highest BCUT2D eigenvalue weighted by molar-refractivity contribution is 5.25. The number of hydrogen-bond acceptors (Lipinski definition) is 3. The van der Waals surface area contributed by atoms with E-state index >= 15 is 0 Å². The predicted molar refractivity (Wildman–Crippen MR) is 55.9 cm³/mol. The smallest absolute Gasteiger partial charge is 0.0720 e. The van der Waals surface area contributed by atoms with Gasteiger partial charge in [-0.1, -0.05) is 0 Å². The zero-order chi connectivity index (χ0) is 10.7. The number of hydrogen-bond donors (Lipinski definition) is 1. The molecule has 0 unspecified atom stereocenters. The molecule has 4 nitrogen and oxygen atoms in total. The van der Waals surface area contributed by atoms with E-state index in [1.54, 1.807) is 0 Å². The quantitative estimate of drug-likeness (QED) is 0.744. The molecular weight excluding hydrogens is 178 g/mol. The van der Waals surface area contributed by atoms with Crippen molar-refractivity contribution in [3.8, 4) is 0 Å². The molecule has 1 aromatic rings. The van der Waals surface area contributed by atoms with Gasteiger partial charge in [0.1, 0.15) is 0 Å². The number of aromatic nitrogens is 2. The number of rotatable bonds is 4. The monoisotopic (exact) mass is 197 g/mol. The second-order valence-corrected chi connectivity index (χ2v) is 3.81. The van der Waals surface area contributed by atoms with Crippen LogP contribution in [-0.4, -0.2) is 16.4 Å². The van der Waals surface area contributed by atoms with Crippen molar-refractivity contribution in [3.05, 3.63) is 17.0 Å². The first-order valence-corrected chi connectivity index (χ1v) is 4.94. The van der Waals surface area contributed by atoms with Crippen LogP contribution < -0.4 is 5.90 Å². The fraction of sp³-hybridized carbons (Fsp3) is 0.700. The first kappa shape index (κ1) is 11.2. The summed E-state index contributed by atoms with van der Waals surface area (Å²) in [6.45, 7) is 8.92. The van der Waals surface area contributed by atoms with Crippen molar-refractivity contribution in [3.63, 3.8) is 0 Å². The molecular formula is C10H19N3O. The van der Waals surface area contributed by atoms with Gasteiger partial charge in [0, 0.05) is 18.2 Å². The Balaban J connectivity index is 2.93. The van der Waals surface area contributed by atoms with Crippen molar-refractivity contribution in [1.82, 2.24) is 9.78 Å². The van der Waals surface area contributed by atoms with Crippen LogP contribution >= 0.6 is 0 Å². The molecule has 0 atom stereocenters. The summed E-state index contributed by atoms with van der Waals surface area (Å²) in [5.74, 6) is 5.02. The van der Waals surface area contributed by atoms with E-state index in [1.165, 1.54) is 11.3 Å². The van der Waals surface area contributed by atoms with Crippen LogP contribution in [0.5, 0.6) is 0 Å². The second kappa shape index (κ2) is 4.57. The lowest BCUT2D eigenvalue weighted by Gasteiger charge is -2.08. The molecule has 4 heteroatoms. The molecule has 0 aliphatic heterocycles. The Morgan fingerprint density at radius 2 is 2.07 bits per heavy atom.